The molecule has 5 aromatic rings. The summed E-state index contributed by atoms with van der Waals surface area (Å²) in [6.07, 6.45) is 0. The lowest BCUT2D eigenvalue weighted by Crippen LogP contribution is -2.23. The number of amides is 1. The van der Waals surface area contributed by atoms with Gasteiger partial charge in [0.15, 0.2) is 0 Å². The summed E-state index contributed by atoms with van der Waals surface area (Å²) in [7, 11) is 1.55. The lowest BCUT2D eigenvalue weighted by Gasteiger charge is -2.17. The monoisotopic (exact) mass is 537 g/mol. The number of hydrogen-bond acceptors (Lipinski definition) is 6. The van der Waals surface area contributed by atoms with Crippen molar-refractivity contribution in [2.45, 2.75) is 25.9 Å². The minimum atomic E-state index is -3.52. The molecule has 38 heavy (non-hydrogen) atoms. The van der Waals surface area contributed by atoms with Crippen molar-refractivity contribution in [2.75, 3.05) is 7.11 Å². The van der Waals surface area contributed by atoms with Crippen molar-refractivity contribution in [3.05, 3.63) is 99.5 Å². The second-order valence-corrected chi connectivity index (χ2v) is 9.09. The van der Waals surface area contributed by atoms with Crippen LogP contribution in [0.3, 0.4) is 0 Å². The van der Waals surface area contributed by atoms with Gasteiger partial charge in [-0.3, -0.25) is 9.48 Å². The normalized spacial score (nSPS) is 11.7. The van der Waals surface area contributed by atoms with Crippen LogP contribution in [0.15, 0.2) is 60.7 Å². The number of nitrogens with zero attached hydrogens (tertiary/aromatic N) is 6. The fraction of sp³-hybridized carbons (Fsp3) is 0.192. The van der Waals surface area contributed by atoms with Crippen LogP contribution in [0.5, 0.6) is 5.75 Å². The smallest absolute Gasteiger partial charge is 0.333 e. The zero-order valence-corrected chi connectivity index (χ0v) is 21.2. The average Bonchev–Trinajstić information content (AvgIpc) is 3.50. The summed E-state index contributed by atoms with van der Waals surface area (Å²) >= 11 is 6.35. The topological polar surface area (TPSA) is 114 Å². The summed E-state index contributed by atoms with van der Waals surface area (Å²) in [6.45, 7) is 1.88. The van der Waals surface area contributed by atoms with Gasteiger partial charge in [-0.15, -0.1) is 5.10 Å². The minimum absolute atomic E-state index is 0.0452. The van der Waals surface area contributed by atoms with Gasteiger partial charge in [0.2, 0.25) is 11.7 Å². The van der Waals surface area contributed by atoms with Gasteiger partial charge in [-0.05, 0) is 53.2 Å². The predicted molar refractivity (Wildman–Crippen MR) is 136 cm³/mol. The molecule has 0 aliphatic heterocycles. The van der Waals surface area contributed by atoms with Gasteiger partial charge in [0, 0.05) is 27.1 Å². The minimum Gasteiger partial charge on any atom is -0.497 e. The Hall–Kier alpha value is -4.38. The SMILES string of the molecule is COc1ccc(Cn2nnnc2C(F)(F)c2ccc3c(C)nn(Cc4c(Cl)cccc4C(N)=O)c3c2)cc1. The summed E-state index contributed by atoms with van der Waals surface area (Å²) in [5.41, 5.74) is 7.68. The zero-order valence-electron chi connectivity index (χ0n) is 20.4. The Labute approximate surface area is 220 Å². The quantitative estimate of drug-likeness (QED) is 0.315. The van der Waals surface area contributed by atoms with E-state index >= 15 is 8.78 Å². The van der Waals surface area contributed by atoms with E-state index in [9.17, 15) is 4.79 Å². The Kier molecular flexibility index (Phi) is 6.53. The first-order valence-corrected chi connectivity index (χ1v) is 11.9. The van der Waals surface area contributed by atoms with Crippen molar-refractivity contribution < 1.29 is 18.3 Å². The summed E-state index contributed by atoms with van der Waals surface area (Å²) < 4.78 is 39.4. The van der Waals surface area contributed by atoms with Crippen LogP contribution < -0.4 is 10.5 Å². The highest BCUT2D eigenvalue weighted by atomic mass is 35.5. The summed E-state index contributed by atoms with van der Waals surface area (Å²) in [6, 6.07) is 16.0. The molecule has 194 valence electrons. The van der Waals surface area contributed by atoms with E-state index < -0.39 is 17.7 Å². The van der Waals surface area contributed by atoms with Crippen LogP contribution in [0.1, 0.15) is 38.6 Å². The fourth-order valence-electron chi connectivity index (χ4n) is 4.32. The first-order valence-electron chi connectivity index (χ1n) is 11.5. The van der Waals surface area contributed by atoms with Crippen molar-refractivity contribution in [2.24, 2.45) is 5.73 Å². The number of rotatable bonds is 8. The molecule has 0 fully saturated rings. The number of alkyl halides is 2. The van der Waals surface area contributed by atoms with E-state index in [1.165, 1.54) is 16.8 Å². The van der Waals surface area contributed by atoms with Gasteiger partial charge in [0.1, 0.15) is 5.75 Å². The number of carbonyl (C=O) groups excluding carboxylic acids is 1. The van der Waals surface area contributed by atoms with Crippen LogP contribution >= 0.6 is 11.6 Å². The molecule has 12 heteroatoms. The first kappa shape index (κ1) is 25.3. The molecular weight excluding hydrogens is 516 g/mol. The number of aryl methyl sites for hydroxylation is 1. The molecule has 0 aliphatic rings. The molecule has 2 N–H and O–H groups in total. The first-order chi connectivity index (χ1) is 18.2. The van der Waals surface area contributed by atoms with E-state index in [1.54, 1.807) is 62.6 Å². The van der Waals surface area contributed by atoms with Crippen molar-refractivity contribution in [1.82, 2.24) is 30.0 Å². The third-order valence-electron chi connectivity index (χ3n) is 6.30. The highest BCUT2D eigenvalue weighted by molar-refractivity contribution is 6.31. The van der Waals surface area contributed by atoms with E-state index in [1.807, 2.05) is 0 Å². The third-order valence-corrected chi connectivity index (χ3v) is 6.65. The number of primary amides is 1. The largest absolute Gasteiger partial charge is 0.497 e. The molecule has 9 nitrogen and oxygen atoms in total. The highest BCUT2D eigenvalue weighted by Crippen LogP contribution is 2.36. The number of tetrazole rings is 1. The maximum absolute atomic E-state index is 15.8. The van der Waals surface area contributed by atoms with Crippen molar-refractivity contribution in [3.63, 3.8) is 0 Å². The molecule has 5 rings (SSSR count). The maximum Gasteiger partial charge on any atom is 0.333 e. The van der Waals surface area contributed by atoms with E-state index in [-0.39, 0.29) is 24.2 Å². The van der Waals surface area contributed by atoms with Crippen LogP contribution in [0, 0.1) is 6.92 Å². The average molecular weight is 538 g/mol. The van der Waals surface area contributed by atoms with Crippen molar-refractivity contribution in [1.29, 1.82) is 0 Å². The van der Waals surface area contributed by atoms with E-state index in [0.29, 0.717) is 32.9 Å². The molecule has 0 unspecified atom stereocenters. The number of ether oxygens (including phenoxy) is 1. The number of hydrogen-bond donors (Lipinski definition) is 1. The molecule has 2 aromatic heterocycles. The van der Waals surface area contributed by atoms with Gasteiger partial charge in [-0.1, -0.05) is 41.9 Å². The van der Waals surface area contributed by atoms with E-state index in [4.69, 9.17) is 22.1 Å². The second-order valence-electron chi connectivity index (χ2n) is 8.69. The molecular formula is C26H22ClF2N7O2. The van der Waals surface area contributed by atoms with Crippen LogP contribution in [0.4, 0.5) is 8.78 Å². The number of aromatic nitrogens is 6. The van der Waals surface area contributed by atoms with Gasteiger partial charge in [0.25, 0.3) is 0 Å². The second kappa shape index (κ2) is 9.82. The van der Waals surface area contributed by atoms with Gasteiger partial charge in [-0.25, -0.2) is 4.68 Å². The molecule has 3 aromatic carbocycles. The van der Waals surface area contributed by atoms with Gasteiger partial charge in [-0.2, -0.15) is 13.9 Å². The van der Waals surface area contributed by atoms with Crippen molar-refractivity contribution >= 4 is 28.4 Å². The molecule has 0 bridgehead atoms. The van der Waals surface area contributed by atoms with Gasteiger partial charge < -0.3 is 10.5 Å². The molecule has 0 atom stereocenters. The molecule has 0 radical (unpaired) electrons. The fourth-order valence-corrected chi connectivity index (χ4v) is 4.56. The highest BCUT2D eigenvalue weighted by Gasteiger charge is 2.40. The number of carbonyl (C=O) groups is 1. The molecule has 1 amide bonds. The van der Waals surface area contributed by atoms with Crippen molar-refractivity contribution in [3.8, 4) is 5.75 Å². The number of benzene rings is 3. The maximum atomic E-state index is 15.8. The van der Waals surface area contributed by atoms with E-state index in [2.05, 4.69) is 20.6 Å². The molecule has 0 saturated heterocycles. The number of halogens is 3. The van der Waals surface area contributed by atoms with Crippen LogP contribution in [-0.2, 0) is 19.0 Å². The number of methoxy groups -OCH3 is 1. The van der Waals surface area contributed by atoms with E-state index in [0.717, 1.165) is 10.2 Å². The zero-order chi connectivity index (χ0) is 27.0. The molecule has 0 aliphatic carbocycles. The Morgan fingerprint density at radius 2 is 1.84 bits per heavy atom. The van der Waals surface area contributed by atoms with Crippen LogP contribution in [0.25, 0.3) is 10.9 Å². The summed E-state index contributed by atoms with van der Waals surface area (Å²) in [4.78, 5) is 12.0. The predicted octanol–water partition coefficient (Wildman–Crippen LogP) is 4.33. The van der Waals surface area contributed by atoms with Gasteiger partial charge in [0.05, 0.1) is 31.4 Å². The van der Waals surface area contributed by atoms with Crippen LogP contribution in [0.2, 0.25) is 5.02 Å². The summed E-state index contributed by atoms with van der Waals surface area (Å²) in [5.74, 6) is -4.12. The lowest BCUT2D eigenvalue weighted by molar-refractivity contribution is 0.0281. The Balaban J connectivity index is 1.52. The van der Waals surface area contributed by atoms with Crippen LogP contribution in [-0.4, -0.2) is 43.0 Å². The molecule has 2 heterocycles. The Bertz CT molecular complexity index is 1650. The molecule has 0 saturated carbocycles. The number of nitrogens with two attached hydrogens (primary N) is 1. The Morgan fingerprint density at radius 3 is 2.55 bits per heavy atom. The number of fused-ring (bicyclic) bond motifs is 1. The third kappa shape index (κ3) is 4.56. The van der Waals surface area contributed by atoms with Gasteiger partial charge >= 0.3 is 5.92 Å². The molecule has 0 spiro atoms. The lowest BCUT2D eigenvalue weighted by atomic mass is 10.0. The standard InChI is InChI=1S/C26H22ClF2N7O2/c1-15-19-11-8-17(12-23(19)35(32-15)14-21-20(24(30)37)4-3-5-22(21)27)26(28,29)25-31-33-34-36(25)13-16-6-9-18(38-2)10-7-16/h3-12H,13-14H2,1-2H3,(H2,30,37). The Morgan fingerprint density at radius 1 is 1.08 bits per heavy atom. The summed E-state index contributed by atoms with van der Waals surface area (Å²) in [5, 5.41) is 16.4.